The Morgan fingerprint density at radius 3 is 2.50 bits per heavy atom. The van der Waals surface area contributed by atoms with Crippen LogP contribution in [0.15, 0.2) is 22.7 Å². The second-order valence-electron chi connectivity index (χ2n) is 4.16. The molecule has 98 valence electrons. The van der Waals surface area contributed by atoms with Crippen LogP contribution in [-0.4, -0.2) is 23.0 Å². The topological polar surface area (TPSA) is 66.4 Å². The van der Waals surface area contributed by atoms with Crippen LogP contribution in [0.2, 0.25) is 0 Å². The smallest absolute Gasteiger partial charge is 0.326 e. The molecule has 1 atom stereocenters. The Bertz CT molecular complexity index is 476. The van der Waals surface area contributed by atoms with Crippen molar-refractivity contribution in [3.05, 3.63) is 31.8 Å². The predicted octanol–water partition coefficient (Wildman–Crippen LogP) is 2.89. The first-order valence-corrected chi connectivity index (χ1v) is 7.18. The molecule has 0 fully saturated rings. The number of rotatable bonds is 4. The van der Waals surface area contributed by atoms with Gasteiger partial charge in [0.15, 0.2) is 0 Å². The number of aliphatic carboxylic acids is 1. The molecule has 0 saturated carbocycles. The fraction of sp³-hybridized carbons (Fsp3) is 0.333. The van der Waals surface area contributed by atoms with Gasteiger partial charge in [-0.2, -0.15) is 0 Å². The fourth-order valence-corrected chi connectivity index (χ4v) is 2.32. The van der Waals surface area contributed by atoms with Crippen LogP contribution in [0.4, 0.5) is 0 Å². The average molecular weight is 426 g/mol. The first kappa shape index (κ1) is 15.4. The van der Waals surface area contributed by atoms with Crippen molar-refractivity contribution in [3.63, 3.8) is 0 Å². The molecule has 0 aliphatic carbocycles. The highest BCUT2D eigenvalue weighted by molar-refractivity contribution is 14.1. The normalized spacial score (nSPS) is 12.3. The Morgan fingerprint density at radius 2 is 2.00 bits per heavy atom. The number of halogens is 2. The third kappa shape index (κ3) is 3.94. The molecule has 0 aromatic heterocycles. The van der Waals surface area contributed by atoms with Crippen molar-refractivity contribution in [2.45, 2.75) is 19.9 Å². The lowest BCUT2D eigenvalue weighted by Gasteiger charge is -2.18. The van der Waals surface area contributed by atoms with Crippen molar-refractivity contribution >= 4 is 50.4 Å². The zero-order chi connectivity index (χ0) is 13.9. The van der Waals surface area contributed by atoms with Gasteiger partial charge >= 0.3 is 5.97 Å². The number of nitrogens with one attached hydrogen (secondary N) is 1. The highest BCUT2D eigenvalue weighted by atomic mass is 127. The van der Waals surface area contributed by atoms with Crippen molar-refractivity contribution in [1.29, 1.82) is 0 Å². The number of carboxylic acid groups (broad SMARTS) is 1. The lowest BCUT2D eigenvalue weighted by atomic mass is 10.0. The van der Waals surface area contributed by atoms with Gasteiger partial charge < -0.3 is 10.4 Å². The molecule has 0 aliphatic rings. The van der Waals surface area contributed by atoms with E-state index in [0.29, 0.717) is 10.0 Å². The molecule has 0 saturated heterocycles. The molecule has 0 aliphatic heterocycles. The summed E-state index contributed by atoms with van der Waals surface area (Å²) < 4.78 is 1.56. The molecule has 1 rings (SSSR count). The first-order valence-electron chi connectivity index (χ1n) is 5.31. The quantitative estimate of drug-likeness (QED) is 0.729. The number of hydrogen-bond acceptors (Lipinski definition) is 2. The van der Waals surface area contributed by atoms with Crippen molar-refractivity contribution < 1.29 is 14.7 Å². The van der Waals surface area contributed by atoms with E-state index in [2.05, 4.69) is 43.8 Å². The third-order valence-electron chi connectivity index (χ3n) is 2.39. The van der Waals surface area contributed by atoms with Crippen LogP contribution in [0.25, 0.3) is 0 Å². The summed E-state index contributed by atoms with van der Waals surface area (Å²) in [6.45, 7) is 3.51. The van der Waals surface area contributed by atoms with Crippen molar-refractivity contribution in [2.24, 2.45) is 5.92 Å². The Labute approximate surface area is 127 Å². The Morgan fingerprint density at radius 1 is 1.39 bits per heavy atom. The molecule has 1 amide bonds. The summed E-state index contributed by atoms with van der Waals surface area (Å²) in [5, 5.41) is 11.6. The molecule has 1 aromatic rings. The lowest BCUT2D eigenvalue weighted by Crippen LogP contribution is -2.44. The van der Waals surface area contributed by atoms with Crippen molar-refractivity contribution in [2.75, 3.05) is 0 Å². The van der Waals surface area contributed by atoms with Gasteiger partial charge in [-0.3, -0.25) is 4.79 Å². The van der Waals surface area contributed by atoms with Crippen LogP contribution in [0, 0.1) is 9.49 Å². The largest absolute Gasteiger partial charge is 0.480 e. The number of hydrogen-bond donors (Lipinski definition) is 2. The summed E-state index contributed by atoms with van der Waals surface area (Å²) in [5.74, 6) is -1.59. The van der Waals surface area contributed by atoms with Gasteiger partial charge in [0.1, 0.15) is 6.04 Å². The standard InChI is InChI=1S/C12H13BrINO3/c1-6(2)10(12(17)18)15-11(16)8-5-7(14)3-4-9(8)13/h3-6,10H,1-2H3,(H,15,16)(H,17,18). The van der Waals surface area contributed by atoms with Gasteiger partial charge in [-0.1, -0.05) is 13.8 Å². The van der Waals surface area contributed by atoms with E-state index in [-0.39, 0.29) is 11.8 Å². The zero-order valence-corrected chi connectivity index (χ0v) is 13.6. The maximum atomic E-state index is 12.0. The molecule has 1 unspecified atom stereocenters. The van der Waals surface area contributed by atoms with Crippen LogP contribution < -0.4 is 5.32 Å². The zero-order valence-electron chi connectivity index (χ0n) is 9.91. The lowest BCUT2D eigenvalue weighted by molar-refractivity contribution is -0.140. The molecule has 0 spiro atoms. The molecule has 2 N–H and O–H groups in total. The third-order valence-corrected chi connectivity index (χ3v) is 3.75. The highest BCUT2D eigenvalue weighted by Gasteiger charge is 2.24. The first-order chi connectivity index (χ1) is 8.32. The van der Waals surface area contributed by atoms with E-state index in [1.165, 1.54) is 0 Å². The molecule has 18 heavy (non-hydrogen) atoms. The number of benzene rings is 1. The van der Waals surface area contributed by atoms with Crippen LogP contribution in [0.1, 0.15) is 24.2 Å². The minimum atomic E-state index is -1.03. The van der Waals surface area contributed by atoms with Crippen LogP contribution in [0.5, 0.6) is 0 Å². The van der Waals surface area contributed by atoms with E-state index in [0.717, 1.165) is 3.57 Å². The number of amides is 1. The van der Waals surface area contributed by atoms with E-state index in [9.17, 15) is 9.59 Å². The fourth-order valence-electron chi connectivity index (χ4n) is 1.40. The van der Waals surface area contributed by atoms with Gasteiger partial charge in [-0.05, 0) is 62.6 Å². The van der Waals surface area contributed by atoms with Crippen LogP contribution >= 0.6 is 38.5 Å². The Balaban J connectivity index is 2.94. The van der Waals surface area contributed by atoms with Gasteiger partial charge in [-0.25, -0.2) is 4.79 Å². The molecule has 0 bridgehead atoms. The van der Waals surface area contributed by atoms with Crippen LogP contribution in [0.3, 0.4) is 0 Å². The molecule has 4 nitrogen and oxygen atoms in total. The maximum absolute atomic E-state index is 12.0. The summed E-state index contributed by atoms with van der Waals surface area (Å²) in [7, 11) is 0. The van der Waals surface area contributed by atoms with E-state index in [4.69, 9.17) is 5.11 Å². The number of carbonyl (C=O) groups is 2. The van der Waals surface area contributed by atoms with E-state index < -0.39 is 12.0 Å². The summed E-state index contributed by atoms with van der Waals surface area (Å²) in [6, 6.07) is 4.45. The van der Waals surface area contributed by atoms with Crippen LogP contribution in [-0.2, 0) is 4.79 Å². The maximum Gasteiger partial charge on any atom is 0.326 e. The average Bonchev–Trinajstić information content (AvgIpc) is 2.28. The van der Waals surface area contributed by atoms with E-state index in [1.54, 1.807) is 26.0 Å². The van der Waals surface area contributed by atoms with Gasteiger partial charge in [-0.15, -0.1) is 0 Å². The van der Waals surface area contributed by atoms with Gasteiger partial charge in [0, 0.05) is 8.04 Å². The predicted molar refractivity (Wildman–Crippen MR) is 80.6 cm³/mol. The number of carboxylic acids is 1. The minimum Gasteiger partial charge on any atom is -0.480 e. The van der Waals surface area contributed by atoms with Crippen molar-refractivity contribution in [1.82, 2.24) is 5.32 Å². The van der Waals surface area contributed by atoms with Gasteiger partial charge in [0.2, 0.25) is 0 Å². The summed E-state index contributed by atoms with van der Waals surface area (Å²) in [6.07, 6.45) is 0. The summed E-state index contributed by atoms with van der Waals surface area (Å²) in [5.41, 5.74) is 0.439. The number of carbonyl (C=O) groups excluding carboxylic acids is 1. The molecular formula is C12H13BrINO3. The molecule has 0 heterocycles. The summed E-state index contributed by atoms with van der Waals surface area (Å²) in [4.78, 5) is 23.1. The SMILES string of the molecule is CC(C)C(NC(=O)c1cc(I)ccc1Br)C(=O)O. The highest BCUT2D eigenvalue weighted by Crippen LogP contribution is 2.19. The Hall–Kier alpha value is -0.630. The molecule has 1 aromatic carbocycles. The minimum absolute atomic E-state index is 0.173. The Kier molecular flexibility index (Phi) is 5.58. The molecular weight excluding hydrogens is 413 g/mol. The molecule has 6 heteroatoms. The summed E-state index contributed by atoms with van der Waals surface area (Å²) >= 11 is 5.38. The van der Waals surface area contributed by atoms with Gasteiger partial charge in [0.05, 0.1) is 5.56 Å². The molecule has 0 radical (unpaired) electrons. The van der Waals surface area contributed by atoms with E-state index >= 15 is 0 Å². The van der Waals surface area contributed by atoms with Crippen molar-refractivity contribution in [3.8, 4) is 0 Å². The second-order valence-corrected chi connectivity index (χ2v) is 6.26. The van der Waals surface area contributed by atoms with Gasteiger partial charge in [0.25, 0.3) is 5.91 Å². The van der Waals surface area contributed by atoms with E-state index in [1.807, 2.05) is 6.07 Å². The monoisotopic (exact) mass is 425 g/mol. The second kappa shape index (κ2) is 6.51.